The van der Waals surface area contributed by atoms with Crippen LogP contribution < -0.4 is 10.2 Å². The number of rotatable bonds is 3. The van der Waals surface area contributed by atoms with E-state index in [1.807, 2.05) is 0 Å². The summed E-state index contributed by atoms with van der Waals surface area (Å²) in [7, 11) is 0. The Balaban J connectivity index is 2.43. The second-order valence-electron chi connectivity index (χ2n) is 5.50. The van der Waals surface area contributed by atoms with Crippen molar-refractivity contribution < 1.29 is 22.3 Å². The maximum Gasteiger partial charge on any atom is 0.450 e. The van der Waals surface area contributed by atoms with Crippen molar-refractivity contribution in [2.24, 2.45) is 0 Å². The lowest BCUT2D eigenvalue weighted by molar-refractivity contribution is -0.152. The fourth-order valence-corrected chi connectivity index (χ4v) is 2.75. The number of halogens is 3. The minimum atomic E-state index is -4.80. The third kappa shape index (κ3) is 2.99. The maximum atomic E-state index is 13.6. The van der Waals surface area contributed by atoms with E-state index in [-0.39, 0.29) is 16.5 Å². The van der Waals surface area contributed by atoms with Gasteiger partial charge in [0, 0.05) is 5.56 Å². The van der Waals surface area contributed by atoms with Gasteiger partial charge in [-0.2, -0.15) is 13.2 Å². The molecule has 0 aliphatic heterocycles. The molecule has 0 saturated carbocycles. The fraction of sp³-hybridized carbons (Fsp3) is 0.211. The molecule has 0 bridgehead atoms. The third-order valence-corrected chi connectivity index (χ3v) is 3.88. The molecular weight excluding hydrogens is 333 g/mol. The zero-order valence-electron chi connectivity index (χ0n) is 13.6. The van der Waals surface area contributed by atoms with E-state index in [4.69, 9.17) is 9.15 Å². The highest BCUT2D eigenvalue weighted by molar-refractivity contribution is 5.86. The first-order valence-corrected chi connectivity index (χ1v) is 7.70. The summed E-state index contributed by atoms with van der Waals surface area (Å²) in [6.45, 7) is 3.68. The molecule has 0 amide bonds. The number of fused-ring (bicyclic) bond motifs is 1. The summed E-state index contributed by atoms with van der Waals surface area (Å²) >= 11 is 0. The molecule has 3 aromatic rings. The van der Waals surface area contributed by atoms with Crippen molar-refractivity contribution in [3.8, 4) is 16.9 Å². The van der Waals surface area contributed by atoms with Crippen LogP contribution in [0, 0.1) is 6.92 Å². The standard InChI is InChI=1S/C19H15F3O3/c1-3-24-14-10-9-13-16(23)15(12-7-5-4-6-8-12)18(19(20,21)22)25-17(13)11(14)2/h4-10H,3H2,1-2H3. The molecule has 0 fully saturated rings. The third-order valence-electron chi connectivity index (χ3n) is 3.88. The van der Waals surface area contributed by atoms with E-state index in [1.165, 1.54) is 18.2 Å². The van der Waals surface area contributed by atoms with Crippen molar-refractivity contribution in [1.29, 1.82) is 0 Å². The molecule has 0 spiro atoms. The smallest absolute Gasteiger partial charge is 0.450 e. The summed E-state index contributed by atoms with van der Waals surface area (Å²) < 4.78 is 51.3. The van der Waals surface area contributed by atoms with E-state index in [0.717, 1.165) is 0 Å². The molecule has 1 heterocycles. The summed E-state index contributed by atoms with van der Waals surface area (Å²) in [6.07, 6.45) is -4.80. The van der Waals surface area contributed by atoms with Gasteiger partial charge in [0.2, 0.25) is 11.2 Å². The molecule has 0 radical (unpaired) electrons. The largest absolute Gasteiger partial charge is 0.493 e. The van der Waals surface area contributed by atoms with E-state index >= 15 is 0 Å². The molecule has 25 heavy (non-hydrogen) atoms. The molecule has 0 N–H and O–H groups in total. The number of ether oxygens (including phenoxy) is 1. The van der Waals surface area contributed by atoms with E-state index in [9.17, 15) is 18.0 Å². The van der Waals surface area contributed by atoms with Crippen molar-refractivity contribution >= 4 is 11.0 Å². The Labute approximate surface area is 141 Å². The SMILES string of the molecule is CCOc1ccc2c(=O)c(-c3ccccc3)c(C(F)(F)F)oc2c1C. The van der Waals surface area contributed by atoms with Crippen molar-refractivity contribution in [3.63, 3.8) is 0 Å². The molecule has 0 saturated heterocycles. The molecule has 130 valence electrons. The molecule has 0 aliphatic rings. The monoisotopic (exact) mass is 348 g/mol. The predicted octanol–water partition coefficient (Wildman–Crippen LogP) is 5.19. The van der Waals surface area contributed by atoms with Gasteiger partial charge < -0.3 is 9.15 Å². The van der Waals surface area contributed by atoms with Crippen LogP contribution in [-0.4, -0.2) is 6.61 Å². The lowest BCUT2D eigenvalue weighted by atomic mass is 10.0. The second-order valence-corrected chi connectivity index (χ2v) is 5.50. The van der Waals surface area contributed by atoms with Gasteiger partial charge in [-0.25, -0.2) is 0 Å². The Bertz CT molecular complexity index is 973. The van der Waals surface area contributed by atoms with Crippen LogP contribution in [0.2, 0.25) is 0 Å². The summed E-state index contributed by atoms with van der Waals surface area (Å²) in [4.78, 5) is 12.8. The van der Waals surface area contributed by atoms with E-state index in [0.29, 0.717) is 17.9 Å². The Kier molecular flexibility index (Phi) is 4.29. The fourth-order valence-electron chi connectivity index (χ4n) is 2.75. The molecule has 0 unspecified atom stereocenters. The van der Waals surface area contributed by atoms with E-state index in [1.54, 1.807) is 38.1 Å². The number of aryl methyl sites for hydroxylation is 1. The van der Waals surface area contributed by atoms with Crippen LogP contribution in [0.4, 0.5) is 13.2 Å². The highest BCUT2D eigenvalue weighted by Gasteiger charge is 2.39. The minimum Gasteiger partial charge on any atom is -0.493 e. The first-order chi connectivity index (χ1) is 11.8. The Morgan fingerprint density at radius 3 is 2.36 bits per heavy atom. The van der Waals surface area contributed by atoms with Gasteiger partial charge in [0.1, 0.15) is 11.3 Å². The van der Waals surface area contributed by atoms with Gasteiger partial charge in [0.15, 0.2) is 0 Å². The molecule has 3 rings (SSSR count). The first kappa shape index (κ1) is 17.1. The van der Waals surface area contributed by atoms with Crippen LogP contribution in [-0.2, 0) is 6.18 Å². The first-order valence-electron chi connectivity index (χ1n) is 7.70. The van der Waals surface area contributed by atoms with Crippen molar-refractivity contribution in [2.45, 2.75) is 20.0 Å². The van der Waals surface area contributed by atoms with Crippen LogP contribution in [0.3, 0.4) is 0 Å². The number of hydrogen-bond acceptors (Lipinski definition) is 3. The van der Waals surface area contributed by atoms with Gasteiger partial charge in [0.25, 0.3) is 0 Å². The molecule has 1 aromatic heterocycles. The van der Waals surface area contributed by atoms with E-state index in [2.05, 4.69) is 0 Å². The zero-order chi connectivity index (χ0) is 18.2. The average Bonchev–Trinajstić information content (AvgIpc) is 2.57. The summed E-state index contributed by atoms with van der Waals surface area (Å²) in [6, 6.07) is 10.7. The van der Waals surface area contributed by atoms with Gasteiger partial charge in [-0.05, 0) is 31.5 Å². The quantitative estimate of drug-likeness (QED) is 0.654. The zero-order valence-corrected chi connectivity index (χ0v) is 13.6. The van der Waals surface area contributed by atoms with Gasteiger partial charge >= 0.3 is 6.18 Å². The second kappa shape index (κ2) is 6.27. The van der Waals surface area contributed by atoms with Crippen LogP contribution in [0.25, 0.3) is 22.1 Å². The topological polar surface area (TPSA) is 39.4 Å². The number of alkyl halides is 3. The number of hydrogen-bond donors (Lipinski definition) is 0. The molecule has 0 aliphatic carbocycles. The number of benzene rings is 2. The van der Waals surface area contributed by atoms with Gasteiger partial charge in [0.05, 0.1) is 17.6 Å². The lowest BCUT2D eigenvalue weighted by Gasteiger charge is -2.15. The van der Waals surface area contributed by atoms with Crippen LogP contribution in [0.15, 0.2) is 51.7 Å². The average molecular weight is 348 g/mol. The highest BCUT2D eigenvalue weighted by Crippen LogP contribution is 2.38. The minimum absolute atomic E-state index is 0.0906. The maximum absolute atomic E-state index is 13.6. The summed E-state index contributed by atoms with van der Waals surface area (Å²) in [5.41, 5.74) is -0.781. The molecule has 3 nitrogen and oxygen atoms in total. The van der Waals surface area contributed by atoms with Crippen molar-refractivity contribution in [2.75, 3.05) is 6.61 Å². The predicted molar refractivity (Wildman–Crippen MR) is 88.8 cm³/mol. The lowest BCUT2D eigenvalue weighted by Crippen LogP contribution is -2.16. The van der Waals surface area contributed by atoms with Gasteiger partial charge in [-0.3, -0.25) is 4.79 Å². The molecule has 0 atom stereocenters. The van der Waals surface area contributed by atoms with Crippen LogP contribution >= 0.6 is 0 Å². The normalized spacial score (nSPS) is 11.7. The Hall–Kier alpha value is -2.76. The summed E-state index contributed by atoms with van der Waals surface area (Å²) in [5.74, 6) is -0.910. The Morgan fingerprint density at radius 1 is 1.08 bits per heavy atom. The van der Waals surface area contributed by atoms with E-state index < -0.39 is 22.9 Å². The highest BCUT2D eigenvalue weighted by atomic mass is 19.4. The molecule has 2 aromatic carbocycles. The van der Waals surface area contributed by atoms with Gasteiger partial charge in [-0.15, -0.1) is 0 Å². The Morgan fingerprint density at radius 2 is 1.76 bits per heavy atom. The van der Waals surface area contributed by atoms with Crippen LogP contribution in [0.1, 0.15) is 18.2 Å². The molecule has 6 heteroatoms. The van der Waals surface area contributed by atoms with Crippen LogP contribution in [0.5, 0.6) is 5.75 Å². The van der Waals surface area contributed by atoms with Gasteiger partial charge in [-0.1, -0.05) is 30.3 Å². The summed E-state index contributed by atoms with van der Waals surface area (Å²) in [5, 5.41) is 0.0906. The van der Waals surface area contributed by atoms with Crippen molar-refractivity contribution in [1.82, 2.24) is 0 Å². The van der Waals surface area contributed by atoms with Crippen molar-refractivity contribution in [3.05, 3.63) is 64.0 Å². The molecular formula is C19H15F3O3.